The lowest BCUT2D eigenvalue weighted by molar-refractivity contribution is -0.0327. The van der Waals surface area contributed by atoms with Gasteiger partial charge in [0.25, 0.3) is 0 Å². The first kappa shape index (κ1) is 14.3. The van der Waals surface area contributed by atoms with Gasteiger partial charge in [-0.3, -0.25) is 4.84 Å². The highest BCUT2D eigenvalue weighted by Crippen LogP contribution is 2.18. The van der Waals surface area contributed by atoms with Crippen LogP contribution in [-0.4, -0.2) is 33.9 Å². The van der Waals surface area contributed by atoms with Gasteiger partial charge in [-0.2, -0.15) is 0 Å². The van der Waals surface area contributed by atoms with Crippen molar-refractivity contribution in [1.82, 2.24) is 4.73 Å². The standard InChI is InChI=1S/C13H11NO7/c15-10-6-7-11(16)14(10)21-13(18)20-8-19-12(17)9-4-2-1-3-5-9/h1-7,15-16H,8H2. The molecule has 8 nitrogen and oxygen atoms in total. The summed E-state index contributed by atoms with van der Waals surface area (Å²) in [6, 6.07) is 10.3. The minimum absolute atomic E-state index is 0.301. The van der Waals surface area contributed by atoms with Crippen LogP contribution in [0.5, 0.6) is 11.8 Å². The second-order valence-corrected chi connectivity index (χ2v) is 3.75. The topological polar surface area (TPSA) is 107 Å². The van der Waals surface area contributed by atoms with E-state index in [0.717, 1.165) is 12.1 Å². The highest BCUT2D eigenvalue weighted by atomic mass is 16.8. The molecule has 0 spiro atoms. The molecule has 21 heavy (non-hydrogen) atoms. The third-order valence-corrected chi connectivity index (χ3v) is 2.34. The third-order valence-electron chi connectivity index (χ3n) is 2.34. The molecule has 2 rings (SSSR count). The summed E-state index contributed by atoms with van der Waals surface area (Å²) in [7, 11) is 0. The smallest absolute Gasteiger partial charge is 0.492 e. The van der Waals surface area contributed by atoms with Crippen molar-refractivity contribution in [1.29, 1.82) is 0 Å². The molecular weight excluding hydrogens is 282 g/mol. The average molecular weight is 293 g/mol. The number of hydrogen-bond donors (Lipinski definition) is 2. The summed E-state index contributed by atoms with van der Waals surface area (Å²) in [5.74, 6) is -1.66. The van der Waals surface area contributed by atoms with Crippen LogP contribution in [0.2, 0.25) is 0 Å². The zero-order chi connectivity index (χ0) is 15.2. The molecule has 8 heteroatoms. The lowest BCUT2D eigenvalue weighted by Gasteiger charge is -2.08. The molecule has 0 saturated heterocycles. The first-order valence-electron chi connectivity index (χ1n) is 5.75. The summed E-state index contributed by atoms with van der Waals surface area (Å²) in [5.41, 5.74) is 0.301. The Kier molecular flexibility index (Phi) is 4.30. The molecule has 1 aromatic carbocycles. The van der Waals surface area contributed by atoms with Gasteiger partial charge in [0.15, 0.2) is 0 Å². The fourth-order valence-electron chi connectivity index (χ4n) is 1.38. The molecule has 110 valence electrons. The van der Waals surface area contributed by atoms with E-state index in [1.54, 1.807) is 18.2 Å². The molecule has 0 bridgehead atoms. The molecule has 2 N–H and O–H groups in total. The summed E-state index contributed by atoms with van der Waals surface area (Å²) in [6.07, 6.45) is -1.27. The van der Waals surface area contributed by atoms with Crippen molar-refractivity contribution in [2.45, 2.75) is 0 Å². The van der Waals surface area contributed by atoms with Crippen LogP contribution < -0.4 is 4.84 Å². The molecule has 1 heterocycles. The van der Waals surface area contributed by atoms with Crippen LogP contribution in [0.3, 0.4) is 0 Å². The summed E-state index contributed by atoms with van der Waals surface area (Å²) in [5, 5.41) is 18.5. The predicted molar refractivity (Wildman–Crippen MR) is 67.5 cm³/mol. The van der Waals surface area contributed by atoms with Crippen molar-refractivity contribution in [3.8, 4) is 11.8 Å². The molecule has 0 radical (unpaired) electrons. The Hall–Kier alpha value is -3.16. The molecule has 0 aliphatic heterocycles. The van der Waals surface area contributed by atoms with Gasteiger partial charge in [-0.25, -0.2) is 9.59 Å². The number of aromatic nitrogens is 1. The lowest BCUT2D eigenvalue weighted by atomic mass is 10.2. The van der Waals surface area contributed by atoms with Crippen LogP contribution in [0.15, 0.2) is 42.5 Å². The van der Waals surface area contributed by atoms with Crippen molar-refractivity contribution in [2.24, 2.45) is 0 Å². The molecule has 0 unspecified atom stereocenters. The van der Waals surface area contributed by atoms with Gasteiger partial charge in [0.05, 0.1) is 5.56 Å². The largest absolute Gasteiger partial charge is 0.536 e. The van der Waals surface area contributed by atoms with Crippen molar-refractivity contribution in [2.75, 3.05) is 6.79 Å². The maximum Gasteiger partial charge on any atom is 0.536 e. The van der Waals surface area contributed by atoms with Gasteiger partial charge in [-0.05, 0) is 12.1 Å². The van der Waals surface area contributed by atoms with E-state index >= 15 is 0 Å². The van der Waals surface area contributed by atoms with Gasteiger partial charge in [0, 0.05) is 12.1 Å². The zero-order valence-electron chi connectivity index (χ0n) is 10.6. The number of nitrogens with zero attached hydrogens (tertiary/aromatic N) is 1. The number of ether oxygens (including phenoxy) is 2. The summed E-state index contributed by atoms with van der Waals surface area (Å²) >= 11 is 0. The monoisotopic (exact) mass is 293 g/mol. The van der Waals surface area contributed by atoms with Gasteiger partial charge in [0.2, 0.25) is 18.6 Å². The van der Waals surface area contributed by atoms with Crippen molar-refractivity contribution in [3.05, 3.63) is 48.0 Å². The van der Waals surface area contributed by atoms with Gasteiger partial charge in [0.1, 0.15) is 0 Å². The Balaban J connectivity index is 1.79. The van der Waals surface area contributed by atoms with E-state index in [0.29, 0.717) is 10.3 Å². The number of esters is 1. The van der Waals surface area contributed by atoms with Gasteiger partial charge >= 0.3 is 12.1 Å². The van der Waals surface area contributed by atoms with Crippen molar-refractivity contribution in [3.63, 3.8) is 0 Å². The van der Waals surface area contributed by atoms with E-state index in [1.165, 1.54) is 12.1 Å². The fourth-order valence-corrected chi connectivity index (χ4v) is 1.38. The number of aromatic hydroxyl groups is 2. The SMILES string of the molecule is O=C(OCOC(=O)c1ccccc1)On1c(O)ccc1O. The van der Waals surface area contributed by atoms with Gasteiger partial charge in [-0.15, -0.1) is 4.73 Å². The Morgan fingerprint density at radius 1 is 0.952 bits per heavy atom. The number of hydrogen-bond acceptors (Lipinski definition) is 7. The quantitative estimate of drug-likeness (QED) is 0.645. The highest BCUT2D eigenvalue weighted by Gasteiger charge is 2.14. The first-order chi connectivity index (χ1) is 10.1. The molecular formula is C13H11NO7. The van der Waals surface area contributed by atoms with Crippen LogP contribution in [0.25, 0.3) is 0 Å². The molecule has 1 aromatic heterocycles. The number of benzene rings is 1. The van der Waals surface area contributed by atoms with E-state index in [1.807, 2.05) is 0 Å². The molecule has 0 aliphatic carbocycles. The maximum atomic E-state index is 11.5. The number of carbonyl (C=O) groups excluding carboxylic acids is 2. The Morgan fingerprint density at radius 2 is 1.57 bits per heavy atom. The highest BCUT2D eigenvalue weighted by molar-refractivity contribution is 5.89. The van der Waals surface area contributed by atoms with Crippen molar-refractivity contribution < 1.29 is 34.1 Å². The first-order valence-corrected chi connectivity index (χ1v) is 5.75. The third kappa shape index (κ3) is 3.66. The summed E-state index contributed by atoms with van der Waals surface area (Å²) in [6.45, 7) is -0.671. The molecule has 0 atom stereocenters. The maximum absolute atomic E-state index is 11.5. The van der Waals surface area contributed by atoms with Crippen LogP contribution in [-0.2, 0) is 9.47 Å². The van der Waals surface area contributed by atoms with Gasteiger partial charge < -0.3 is 19.7 Å². The molecule has 2 aromatic rings. The zero-order valence-corrected chi connectivity index (χ0v) is 10.6. The molecule has 0 saturated carbocycles. The van der Waals surface area contributed by atoms with Crippen LogP contribution >= 0.6 is 0 Å². The van der Waals surface area contributed by atoms with E-state index in [2.05, 4.69) is 14.3 Å². The van der Waals surface area contributed by atoms with Crippen LogP contribution in [0, 0.1) is 0 Å². The number of rotatable bonds is 4. The average Bonchev–Trinajstić information content (AvgIpc) is 2.80. The predicted octanol–water partition coefficient (Wildman–Crippen LogP) is 1.28. The van der Waals surface area contributed by atoms with E-state index in [-0.39, 0.29) is 0 Å². The van der Waals surface area contributed by atoms with Crippen molar-refractivity contribution >= 4 is 12.1 Å². The Morgan fingerprint density at radius 3 is 2.19 bits per heavy atom. The summed E-state index contributed by atoms with van der Waals surface area (Å²) in [4.78, 5) is 27.2. The van der Waals surface area contributed by atoms with E-state index < -0.39 is 30.7 Å². The van der Waals surface area contributed by atoms with E-state index in [9.17, 15) is 19.8 Å². The van der Waals surface area contributed by atoms with Crippen LogP contribution in [0.1, 0.15) is 10.4 Å². The fraction of sp³-hybridized carbons (Fsp3) is 0.0769. The Bertz CT molecular complexity index is 616. The number of carbonyl (C=O) groups is 2. The second kappa shape index (κ2) is 6.33. The van der Waals surface area contributed by atoms with E-state index in [4.69, 9.17) is 0 Å². The lowest BCUT2D eigenvalue weighted by Crippen LogP contribution is -2.22. The molecule has 0 aliphatic rings. The minimum atomic E-state index is -1.27. The minimum Gasteiger partial charge on any atom is -0.492 e. The summed E-state index contributed by atoms with van der Waals surface area (Å²) < 4.78 is 9.60. The Labute approximate surface area is 118 Å². The molecule has 0 fully saturated rings. The van der Waals surface area contributed by atoms with Gasteiger partial charge in [-0.1, -0.05) is 18.2 Å². The normalized spacial score (nSPS) is 9.90. The second-order valence-electron chi connectivity index (χ2n) is 3.75. The molecule has 0 amide bonds. The van der Waals surface area contributed by atoms with Crippen LogP contribution in [0.4, 0.5) is 4.79 Å².